The number of anilines is 1. The van der Waals surface area contributed by atoms with Gasteiger partial charge in [-0.05, 0) is 18.2 Å². The second-order valence-electron chi connectivity index (χ2n) is 3.73. The Morgan fingerprint density at radius 3 is 3.06 bits per heavy atom. The van der Waals surface area contributed by atoms with Crippen LogP contribution in [-0.2, 0) is 17.9 Å². The lowest BCUT2D eigenvalue weighted by Crippen LogP contribution is -2.20. The molecule has 2 rings (SSSR count). The number of nitrogens with zero attached hydrogens (tertiary/aromatic N) is 2. The molecule has 1 amide bonds. The van der Waals surface area contributed by atoms with Crippen LogP contribution >= 0.6 is 15.9 Å². The number of carbonyl (C=O) groups is 1. The first-order valence-electron chi connectivity index (χ1n) is 5.44. The summed E-state index contributed by atoms with van der Waals surface area (Å²) in [6.07, 6.45) is 3.37. The zero-order chi connectivity index (χ0) is 13.0. The predicted octanol–water partition coefficient (Wildman–Crippen LogP) is 1.74. The van der Waals surface area contributed by atoms with Gasteiger partial charge in [-0.15, -0.1) is 0 Å². The Labute approximate surface area is 113 Å². The van der Waals surface area contributed by atoms with Gasteiger partial charge in [-0.25, -0.2) is 4.98 Å². The fraction of sp³-hybridized carbons (Fsp3) is 0.167. The van der Waals surface area contributed by atoms with Crippen molar-refractivity contribution in [1.29, 1.82) is 0 Å². The van der Waals surface area contributed by atoms with E-state index in [0.29, 0.717) is 12.4 Å². The number of aromatic nitrogens is 2. The predicted molar refractivity (Wildman–Crippen MR) is 72.9 cm³/mol. The maximum absolute atomic E-state index is 11.8. The molecule has 0 saturated carbocycles. The summed E-state index contributed by atoms with van der Waals surface area (Å²) in [4.78, 5) is 15.9. The largest absolute Gasteiger partial charge is 0.324 e. The molecule has 3 N–H and O–H groups in total. The van der Waals surface area contributed by atoms with Gasteiger partial charge in [-0.3, -0.25) is 4.79 Å². The first-order chi connectivity index (χ1) is 8.69. The maximum Gasteiger partial charge on any atom is 0.244 e. The number of amides is 1. The van der Waals surface area contributed by atoms with Crippen LogP contribution in [-0.4, -0.2) is 15.5 Å². The standard InChI is InChI=1S/C12H13BrN4O/c13-9-2-1-3-10(6-9)16-12(18)8-17-5-4-15-11(17)7-14/h1-6H,7-8,14H2,(H,16,18). The van der Waals surface area contributed by atoms with E-state index in [4.69, 9.17) is 5.73 Å². The van der Waals surface area contributed by atoms with E-state index in [1.165, 1.54) is 0 Å². The molecule has 0 aliphatic carbocycles. The number of nitrogens with one attached hydrogen (secondary N) is 1. The molecule has 0 saturated heterocycles. The van der Waals surface area contributed by atoms with Gasteiger partial charge in [0.2, 0.25) is 5.91 Å². The topological polar surface area (TPSA) is 72.9 Å². The van der Waals surface area contributed by atoms with Crippen LogP contribution in [0.4, 0.5) is 5.69 Å². The van der Waals surface area contributed by atoms with Crippen LogP contribution in [0.1, 0.15) is 5.82 Å². The third-order valence-electron chi connectivity index (χ3n) is 2.41. The molecule has 18 heavy (non-hydrogen) atoms. The van der Waals surface area contributed by atoms with Crippen molar-refractivity contribution in [1.82, 2.24) is 9.55 Å². The summed E-state index contributed by atoms with van der Waals surface area (Å²) < 4.78 is 2.65. The Balaban J connectivity index is 2.01. The number of benzene rings is 1. The summed E-state index contributed by atoms with van der Waals surface area (Å²) in [7, 11) is 0. The van der Waals surface area contributed by atoms with Crippen molar-refractivity contribution < 1.29 is 4.79 Å². The molecule has 0 aliphatic heterocycles. The zero-order valence-electron chi connectivity index (χ0n) is 9.64. The highest BCUT2D eigenvalue weighted by molar-refractivity contribution is 9.10. The first kappa shape index (κ1) is 12.8. The van der Waals surface area contributed by atoms with E-state index in [1.54, 1.807) is 17.0 Å². The number of hydrogen-bond donors (Lipinski definition) is 2. The number of halogens is 1. The van der Waals surface area contributed by atoms with Gasteiger partial charge < -0.3 is 15.6 Å². The quantitative estimate of drug-likeness (QED) is 0.903. The minimum Gasteiger partial charge on any atom is -0.324 e. The molecule has 1 aromatic carbocycles. The van der Waals surface area contributed by atoms with Crippen LogP contribution in [0.2, 0.25) is 0 Å². The number of rotatable bonds is 4. The molecule has 0 aliphatic rings. The Morgan fingerprint density at radius 2 is 2.33 bits per heavy atom. The summed E-state index contributed by atoms with van der Waals surface area (Å²) in [5.41, 5.74) is 6.28. The first-order valence-corrected chi connectivity index (χ1v) is 6.24. The van der Waals surface area contributed by atoms with E-state index in [1.807, 2.05) is 24.3 Å². The lowest BCUT2D eigenvalue weighted by Gasteiger charge is -2.08. The van der Waals surface area contributed by atoms with E-state index in [9.17, 15) is 4.79 Å². The summed E-state index contributed by atoms with van der Waals surface area (Å²) in [5, 5.41) is 2.81. The van der Waals surface area contributed by atoms with Crippen LogP contribution in [0.25, 0.3) is 0 Å². The van der Waals surface area contributed by atoms with E-state index >= 15 is 0 Å². The lowest BCUT2D eigenvalue weighted by atomic mass is 10.3. The summed E-state index contributed by atoms with van der Waals surface area (Å²) in [5.74, 6) is 0.584. The molecule has 0 atom stereocenters. The fourth-order valence-electron chi connectivity index (χ4n) is 1.60. The molecule has 0 unspecified atom stereocenters. The van der Waals surface area contributed by atoms with Crippen molar-refractivity contribution >= 4 is 27.5 Å². The highest BCUT2D eigenvalue weighted by atomic mass is 79.9. The summed E-state index contributed by atoms with van der Waals surface area (Å²) >= 11 is 3.35. The van der Waals surface area contributed by atoms with E-state index in [-0.39, 0.29) is 12.5 Å². The van der Waals surface area contributed by atoms with Crippen molar-refractivity contribution in [2.45, 2.75) is 13.1 Å². The minimum absolute atomic E-state index is 0.110. The molecule has 94 valence electrons. The van der Waals surface area contributed by atoms with Crippen LogP contribution in [0.3, 0.4) is 0 Å². The van der Waals surface area contributed by atoms with Gasteiger partial charge >= 0.3 is 0 Å². The minimum atomic E-state index is -0.110. The van der Waals surface area contributed by atoms with Crippen LogP contribution in [0.15, 0.2) is 41.1 Å². The molecule has 1 aromatic heterocycles. The molecule has 0 fully saturated rings. The van der Waals surface area contributed by atoms with Gasteiger partial charge in [0.25, 0.3) is 0 Å². The van der Waals surface area contributed by atoms with Crippen molar-refractivity contribution in [3.8, 4) is 0 Å². The average Bonchev–Trinajstić information content (AvgIpc) is 2.76. The van der Waals surface area contributed by atoms with Gasteiger partial charge in [0.1, 0.15) is 12.4 Å². The molecular formula is C12H13BrN4O. The molecular weight excluding hydrogens is 296 g/mol. The van der Waals surface area contributed by atoms with Gasteiger partial charge in [0, 0.05) is 22.6 Å². The van der Waals surface area contributed by atoms with Crippen molar-refractivity contribution in [2.24, 2.45) is 5.73 Å². The van der Waals surface area contributed by atoms with Gasteiger partial charge in [-0.2, -0.15) is 0 Å². The summed E-state index contributed by atoms with van der Waals surface area (Å²) in [6, 6.07) is 7.44. The molecule has 0 bridgehead atoms. The van der Waals surface area contributed by atoms with Gasteiger partial charge in [-0.1, -0.05) is 22.0 Å². The summed E-state index contributed by atoms with van der Waals surface area (Å²) in [6.45, 7) is 0.524. The van der Waals surface area contributed by atoms with Gasteiger partial charge in [0.05, 0.1) is 6.54 Å². The van der Waals surface area contributed by atoms with E-state index < -0.39 is 0 Å². The molecule has 5 nitrogen and oxygen atoms in total. The number of hydrogen-bond acceptors (Lipinski definition) is 3. The SMILES string of the molecule is NCc1nccn1CC(=O)Nc1cccc(Br)c1. The number of imidazole rings is 1. The smallest absolute Gasteiger partial charge is 0.244 e. The Morgan fingerprint density at radius 1 is 1.50 bits per heavy atom. The van der Waals surface area contributed by atoms with E-state index in [0.717, 1.165) is 10.2 Å². The van der Waals surface area contributed by atoms with Gasteiger partial charge in [0.15, 0.2) is 0 Å². The van der Waals surface area contributed by atoms with Crippen molar-refractivity contribution in [3.05, 3.63) is 47.0 Å². The molecule has 1 heterocycles. The third kappa shape index (κ3) is 3.18. The second-order valence-corrected chi connectivity index (χ2v) is 4.65. The Bertz CT molecular complexity index is 553. The molecule has 2 aromatic rings. The van der Waals surface area contributed by atoms with Crippen molar-refractivity contribution in [3.63, 3.8) is 0 Å². The highest BCUT2D eigenvalue weighted by Gasteiger charge is 2.07. The van der Waals surface area contributed by atoms with Crippen LogP contribution in [0.5, 0.6) is 0 Å². The fourth-order valence-corrected chi connectivity index (χ4v) is 1.99. The van der Waals surface area contributed by atoms with Crippen LogP contribution in [0, 0.1) is 0 Å². The molecule has 0 radical (unpaired) electrons. The van der Waals surface area contributed by atoms with Crippen molar-refractivity contribution in [2.75, 3.05) is 5.32 Å². The molecule has 0 spiro atoms. The lowest BCUT2D eigenvalue weighted by molar-refractivity contribution is -0.116. The monoisotopic (exact) mass is 308 g/mol. The van der Waals surface area contributed by atoms with Crippen LogP contribution < -0.4 is 11.1 Å². The van der Waals surface area contributed by atoms with E-state index in [2.05, 4.69) is 26.2 Å². The number of carbonyl (C=O) groups excluding carboxylic acids is 1. The molecule has 6 heteroatoms. The zero-order valence-corrected chi connectivity index (χ0v) is 11.2. The Kier molecular flexibility index (Phi) is 4.11. The second kappa shape index (κ2) is 5.79. The number of nitrogens with two attached hydrogens (primary N) is 1. The normalized spacial score (nSPS) is 10.3. The third-order valence-corrected chi connectivity index (χ3v) is 2.90. The Hall–Kier alpha value is -1.66. The highest BCUT2D eigenvalue weighted by Crippen LogP contribution is 2.15. The maximum atomic E-state index is 11.8. The average molecular weight is 309 g/mol.